The molecule has 158 valence electrons. The molecule has 2 aliphatic rings. The predicted octanol–water partition coefficient (Wildman–Crippen LogP) is 2.27. The lowest BCUT2D eigenvalue weighted by molar-refractivity contribution is -0.134. The monoisotopic (exact) mass is 403 g/mol. The highest BCUT2D eigenvalue weighted by molar-refractivity contribution is 5.97. The van der Waals surface area contributed by atoms with E-state index in [0.717, 1.165) is 5.69 Å². The zero-order valence-corrected chi connectivity index (χ0v) is 17.3. The Bertz CT molecular complexity index is 766. The van der Waals surface area contributed by atoms with Crippen LogP contribution in [0.2, 0.25) is 0 Å². The van der Waals surface area contributed by atoms with Gasteiger partial charge in [0.25, 0.3) is 0 Å². The van der Waals surface area contributed by atoms with Gasteiger partial charge in [0.15, 0.2) is 0 Å². The molecule has 0 aliphatic carbocycles. The van der Waals surface area contributed by atoms with Crippen molar-refractivity contribution in [2.45, 2.75) is 39.2 Å². The number of para-hydroxylation sites is 2. The topological polar surface area (TPSA) is 79.4 Å². The van der Waals surface area contributed by atoms with Gasteiger partial charge in [-0.1, -0.05) is 12.1 Å². The van der Waals surface area contributed by atoms with E-state index < -0.39 is 5.60 Å². The fourth-order valence-electron chi connectivity index (χ4n) is 3.40. The van der Waals surface area contributed by atoms with Gasteiger partial charge in [0.05, 0.1) is 12.2 Å². The Hall–Kier alpha value is -2.77. The van der Waals surface area contributed by atoms with Crippen molar-refractivity contribution in [3.8, 4) is 5.75 Å². The number of amides is 3. The summed E-state index contributed by atoms with van der Waals surface area (Å²) in [5.41, 5.74) is 0.213. The molecule has 0 N–H and O–H groups in total. The van der Waals surface area contributed by atoms with Gasteiger partial charge in [0, 0.05) is 39.0 Å². The maximum atomic E-state index is 12.7. The summed E-state index contributed by atoms with van der Waals surface area (Å²) in [5.74, 6) is 0.543. The minimum absolute atomic E-state index is 0.0660. The molecule has 8 heteroatoms. The minimum atomic E-state index is -0.539. The standard InChI is InChI=1S/C21H29N3O5/c1-21(2,3)29-20(27)23-12-10-22(11-13-23)18(25)8-9-19(26)24-14-15-28-17-7-5-4-6-16(17)24/h4-7H,8-15H2,1-3H3. The summed E-state index contributed by atoms with van der Waals surface area (Å²) in [6.45, 7) is 8.19. The van der Waals surface area contributed by atoms with E-state index in [1.165, 1.54) is 0 Å². The number of anilines is 1. The third-order valence-electron chi connectivity index (χ3n) is 4.87. The van der Waals surface area contributed by atoms with Gasteiger partial charge in [0.1, 0.15) is 18.0 Å². The Kier molecular flexibility index (Phi) is 6.30. The second-order valence-electron chi connectivity index (χ2n) is 8.21. The van der Waals surface area contributed by atoms with Crippen molar-refractivity contribution in [2.75, 3.05) is 44.2 Å². The molecule has 1 aromatic carbocycles. The van der Waals surface area contributed by atoms with E-state index in [2.05, 4.69) is 0 Å². The Morgan fingerprint density at radius 3 is 2.24 bits per heavy atom. The third-order valence-corrected chi connectivity index (χ3v) is 4.87. The molecule has 0 radical (unpaired) electrons. The first-order valence-corrected chi connectivity index (χ1v) is 10.0. The summed E-state index contributed by atoms with van der Waals surface area (Å²) in [6.07, 6.45) is -0.0460. The van der Waals surface area contributed by atoms with Crippen LogP contribution in [0.5, 0.6) is 5.75 Å². The van der Waals surface area contributed by atoms with E-state index in [4.69, 9.17) is 9.47 Å². The van der Waals surface area contributed by atoms with Gasteiger partial charge >= 0.3 is 6.09 Å². The number of piperazine rings is 1. The van der Waals surface area contributed by atoms with Gasteiger partial charge in [-0.05, 0) is 32.9 Å². The molecule has 1 aromatic rings. The smallest absolute Gasteiger partial charge is 0.410 e. The number of hydrogen-bond donors (Lipinski definition) is 0. The van der Waals surface area contributed by atoms with Crippen molar-refractivity contribution in [3.05, 3.63) is 24.3 Å². The molecule has 0 atom stereocenters. The first-order valence-electron chi connectivity index (χ1n) is 10.0. The maximum Gasteiger partial charge on any atom is 0.410 e. The SMILES string of the molecule is CC(C)(C)OC(=O)N1CCN(C(=O)CCC(=O)N2CCOc3ccccc32)CC1. The normalized spacial score (nSPS) is 16.7. The van der Waals surface area contributed by atoms with Crippen molar-refractivity contribution in [3.63, 3.8) is 0 Å². The van der Waals surface area contributed by atoms with E-state index >= 15 is 0 Å². The molecular formula is C21H29N3O5. The molecule has 1 saturated heterocycles. The Balaban J connectivity index is 1.46. The zero-order chi connectivity index (χ0) is 21.0. The highest BCUT2D eigenvalue weighted by atomic mass is 16.6. The van der Waals surface area contributed by atoms with E-state index in [9.17, 15) is 14.4 Å². The van der Waals surface area contributed by atoms with Crippen LogP contribution in [0.15, 0.2) is 24.3 Å². The lowest BCUT2D eigenvalue weighted by atomic mass is 10.2. The van der Waals surface area contributed by atoms with Gasteiger partial charge < -0.3 is 24.2 Å². The lowest BCUT2D eigenvalue weighted by Crippen LogP contribution is -2.51. The number of rotatable bonds is 3. The van der Waals surface area contributed by atoms with E-state index in [-0.39, 0.29) is 30.7 Å². The molecule has 0 spiro atoms. The highest BCUT2D eigenvalue weighted by Gasteiger charge is 2.29. The largest absolute Gasteiger partial charge is 0.490 e. The van der Waals surface area contributed by atoms with Crippen LogP contribution < -0.4 is 9.64 Å². The van der Waals surface area contributed by atoms with Gasteiger partial charge in [-0.3, -0.25) is 9.59 Å². The van der Waals surface area contributed by atoms with Crippen molar-refractivity contribution < 1.29 is 23.9 Å². The molecule has 3 rings (SSSR count). The number of ether oxygens (including phenoxy) is 2. The van der Waals surface area contributed by atoms with Crippen molar-refractivity contribution in [1.29, 1.82) is 0 Å². The van der Waals surface area contributed by atoms with Crippen molar-refractivity contribution in [1.82, 2.24) is 9.80 Å². The van der Waals surface area contributed by atoms with Crippen molar-refractivity contribution in [2.24, 2.45) is 0 Å². The maximum absolute atomic E-state index is 12.7. The first kappa shape index (κ1) is 21.0. The number of carbonyl (C=O) groups is 3. The zero-order valence-electron chi connectivity index (χ0n) is 17.3. The average Bonchev–Trinajstić information content (AvgIpc) is 2.70. The summed E-state index contributed by atoms with van der Waals surface area (Å²) in [4.78, 5) is 42.3. The van der Waals surface area contributed by atoms with E-state index in [1.54, 1.807) is 14.7 Å². The lowest BCUT2D eigenvalue weighted by Gasteiger charge is -2.35. The molecule has 2 heterocycles. The molecule has 8 nitrogen and oxygen atoms in total. The molecule has 29 heavy (non-hydrogen) atoms. The summed E-state index contributed by atoms with van der Waals surface area (Å²) < 4.78 is 10.9. The molecule has 3 amide bonds. The van der Waals surface area contributed by atoms with Crippen LogP contribution in [0.4, 0.5) is 10.5 Å². The number of nitrogens with zero attached hydrogens (tertiary/aromatic N) is 3. The Morgan fingerprint density at radius 1 is 0.931 bits per heavy atom. The number of benzene rings is 1. The highest BCUT2D eigenvalue weighted by Crippen LogP contribution is 2.31. The predicted molar refractivity (Wildman–Crippen MR) is 108 cm³/mol. The van der Waals surface area contributed by atoms with Crippen LogP contribution in [-0.4, -0.2) is 72.6 Å². The fourth-order valence-corrected chi connectivity index (χ4v) is 3.40. The third kappa shape index (κ3) is 5.40. The van der Waals surface area contributed by atoms with Crippen LogP contribution in [0, 0.1) is 0 Å². The van der Waals surface area contributed by atoms with Crippen LogP contribution in [0.1, 0.15) is 33.6 Å². The van der Waals surface area contributed by atoms with Gasteiger partial charge in [-0.2, -0.15) is 0 Å². The van der Waals surface area contributed by atoms with Gasteiger partial charge in [-0.15, -0.1) is 0 Å². The van der Waals surface area contributed by atoms with Gasteiger partial charge in [0.2, 0.25) is 11.8 Å². The Labute approximate surface area is 171 Å². The molecule has 0 aromatic heterocycles. The molecule has 0 unspecified atom stereocenters. The molecule has 1 fully saturated rings. The number of hydrogen-bond acceptors (Lipinski definition) is 5. The molecular weight excluding hydrogens is 374 g/mol. The summed E-state index contributed by atoms with van der Waals surface area (Å²) >= 11 is 0. The van der Waals surface area contributed by atoms with Crippen LogP contribution in [-0.2, 0) is 14.3 Å². The van der Waals surface area contributed by atoms with Crippen LogP contribution in [0.25, 0.3) is 0 Å². The minimum Gasteiger partial charge on any atom is -0.490 e. The summed E-state index contributed by atoms with van der Waals surface area (Å²) in [7, 11) is 0. The van der Waals surface area contributed by atoms with Crippen molar-refractivity contribution >= 4 is 23.6 Å². The molecule has 0 bridgehead atoms. The summed E-state index contributed by atoms with van der Waals surface area (Å²) in [6, 6.07) is 7.42. The first-order chi connectivity index (χ1) is 13.7. The average molecular weight is 403 g/mol. The summed E-state index contributed by atoms with van der Waals surface area (Å²) in [5, 5.41) is 0. The van der Waals surface area contributed by atoms with E-state index in [1.807, 2.05) is 45.0 Å². The molecule has 2 aliphatic heterocycles. The number of fused-ring (bicyclic) bond motifs is 1. The Morgan fingerprint density at radius 2 is 1.55 bits per heavy atom. The number of carbonyl (C=O) groups excluding carboxylic acids is 3. The van der Waals surface area contributed by atoms with Gasteiger partial charge in [-0.25, -0.2) is 4.79 Å². The quantitative estimate of drug-likeness (QED) is 0.774. The van der Waals surface area contributed by atoms with Crippen LogP contribution in [0.3, 0.4) is 0 Å². The fraction of sp³-hybridized carbons (Fsp3) is 0.571. The van der Waals surface area contributed by atoms with Crippen LogP contribution >= 0.6 is 0 Å². The second kappa shape index (κ2) is 8.71. The van der Waals surface area contributed by atoms with E-state index in [0.29, 0.717) is 45.1 Å². The molecule has 0 saturated carbocycles. The second-order valence-corrected chi connectivity index (χ2v) is 8.21.